The van der Waals surface area contributed by atoms with E-state index < -0.39 is 11.7 Å². The second kappa shape index (κ2) is 3.57. The molecular formula is C6H8ClN2O2. The van der Waals surface area contributed by atoms with Gasteiger partial charge in [0.25, 0.3) is 0 Å². The minimum absolute atomic E-state index is 0.492. The van der Waals surface area contributed by atoms with Gasteiger partial charge in [0, 0.05) is 0 Å². The van der Waals surface area contributed by atoms with Crippen LogP contribution in [-0.2, 0) is 4.74 Å². The van der Waals surface area contributed by atoms with Crippen molar-refractivity contribution in [3.05, 3.63) is 0 Å². The van der Waals surface area contributed by atoms with E-state index in [1.807, 2.05) is 0 Å². The molecule has 0 saturated heterocycles. The third-order valence-corrected chi connectivity index (χ3v) is 1.20. The van der Waals surface area contributed by atoms with E-state index in [1.54, 1.807) is 6.92 Å². The van der Waals surface area contributed by atoms with Gasteiger partial charge in [-0.1, -0.05) is 11.6 Å². The average molecular weight is 176 g/mol. The molecule has 1 amide bonds. The van der Waals surface area contributed by atoms with Gasteiger partial charge in [0.2, 0.25) is 0 Å². The maximum absolute atomic E-state index is 11.0. The smallest absolute Gasteiger partial charge is 0.417 e. The number of nitrogens with zero attached hydrogens (tertiary/aromatic N) is 2. The van der Waals surface area contributed by atoms with Gasteiger partial charge in [0.1, 0.15) is 0 Å². The standard InChI is InChI=1S/C6H8ClN2O2/c1-5(7)11-6(10)9-3-2-8-4-9/h5H,2-3H2,1H3. The lowest BCUT2D eigenvalue weighted by molar-refractivity contribution is 0.119. The van der Waals surface area contributed by atoms with Crippen molar-refractivity contribution < 1.29 is 9.53 Å². The maximum Gasteiger partial charge on any atom is 0.417 e. The van der Waals surface area contributed by atoms with Gasteiger partial charge < -0.3 is 4.74 Å². The zero-order valence-corrected chi connectivity index (χ0v) is 6.84. The molecule has 0 bridgehead atoms. The lowest BCUT2D eigenvalue weighted by Crippen LogP contribution is -2.29. The topological polar surface area (TPSA) is 41.9 Å². The van der Waals surface area contributed by atoms with Gasteiger partial charge in [-0.3, -0.25) is 9.89 Å². The molecule has 5 heteroatoms. The van der Waals surface area contributed by atoms with Crippen molar-refractivity contribution in [3.63, 3.8) is 0 Å². The number of hydrogen-bond acceptors (Lipinski definition) is 3. The van der Waals surface area contributed by atoms with Crippen LogP contribution in [0.3, 0.4) is 0 Å². The molecular weight excluding hydrogens is 168 g/mol. The van der Waals surface area contributed by atoms with Gasteiger partial charge in [-0.25, -0.2) is 4.79 Å². The molecule has 1 unspecified atom stereocenters. The first kappa shape index (κ1) is 8.33. The molecule has 0 aliphatic carbocycles. The Morgan fingerprint density at radius 2 is 2.64 bits per heavy atom. The van der Waals surface area contributed by atoms with Crippen molar-refractivity contribution in [1.29, 1.82) is 0 Å². The molecule has 0 fully saturated rings. The first-order chi connectivity index (χ1) is 5.20. The van der Waals surface area contributed by atoms with E-state index in [0.29, 0.717) is 13.1 Å². The second-order valence-corrected chi connectivity index (χ2v) is 2.67. The van der Waals surface area contributed by atoms with Gasteiger partial charge in [-0.05, 0) is 6.92 Å². The molecule has 0 aromatic carbocycles. The third kappa shape index (κ3) is 2.38. The summed E-state index contributed by atoms with van der Waals surface area (Å²) in [7, 11) is 0. The van der Waals surface area contributed by atoms with Gasteiger partial charge >= 0.3 is 6.09 Å². The first-order valence-electron chi connectivity index (χ1n) is 3.24. The Kier molecular flexibility index (Phi) is 2.70. The Morgan fingerprint density at radius 1 is 1.91 bits per heavy atom. The van der Waals surface area contributed by atoms with E-state index >= 15 is 0 Å². The van der Waals surface area contributed by atoms with Crippen LogP contribution >= 0.6 is 11.6 Å². The van der Waals surface area contributed by atoms with Gasteiger partial charge in [0.05, 0.1) is 13.1 Å². The molecule has 4 nitrogen and oxygen atoms in total. The molecule has 11 heavy (non-hydrogen) atoms. The number of aliphatic imine (C=N–C) groups is 1. The fourth-order valence-electron chi connectivity index (χ4n) is 0.670. The number of ether oxygens (including phenoxy) is 1. The molecule has 61 valence electrons. The lowest BCUT2D eigenvalue weighted by atomic mass is 10.6. The van der Waals surface area contributed by atoms with Crippen molar-refractivity contribution in [2.24, 2.45) is 4.99 Å². The predicted molar refractivity (Wildman–Crippen MR) is 40.8 cm³/mol. The fourth-order valence-corrected chi connectivity index (χ4v) is 0.746. The number of alkyl halides is 1. The summed E-state index contributed by atoms with van der Waals surface area (Å²) >= 11 is 5.42. The summed E-state index contributed by atoms with van der Waals surface area (Å²) in [5.41, 5.74) is -0.607. The van der Waals surface area contributed by atoms with Crippen LogP contribution in [0.2, 0.25) is 0 Å². The molecule has 1 rings (SSSR count). The average Bonchev–Trinajstić information content (AvgIpc) is 2.35. The Balaban J connectivity index is 2.35. The zero-order valence-electron chi connectivity index (χ0n) is 6.08. The summed E-state index contributed by atoms with van der Waals surface area (Å²) in [5.74, 6) is 0. The molecule has 1 radical (unpaired) electrons. The summed E-state index contributed by atoms with van der Waals surface area (Å²) in [6, 6.07) is 0. The lowest BCUT2D eigenvalue weighted by Gasteiger charge is -2.12. The highest BCUT2D eigenvalue weighted by atomic mass is 35.5. The normalized spacial score (nSPS) is 18.5. The van der Waals surface area contributed by atoms with Gasteiger partial charge in [0.15, 0.2) is 11.9 Å². The van der Waals surface area contributed by atoms with Crippen molar-refractivity contribution >= 4 is 24.0 Å². The van der Waals surface area contributed by atoms with E-state index in [9.17, 15) is 4.79 Å². The summed E-state index contributed by atoms with van der Waals surface area (Å²) in [5, 5.41) is 0. The molecule has 1 aliphatic rings. The van der Waals surface area contributed by atoms with Crippen molar-refractivity contribution in [3.8, 4) is 0 Å². The molecule has 0 saturated carbocycles. The van der Waals surface area contributed by atoms with Crippen LogP contribution in [0.1, 0.15) is 6.92 Å². The van der Waals surface area contributed by atoms with E-state index in [-0.39, 0.29) is 0 Å². The highest BCUT2D eigenvalue weighted by molar-refractivity contribution is 6.20. The zero-order chi connectivity index (χ0) is 8.27. The number of rotatable bonds is 1. The summed E-state index contributed by atoms with van der Waals surface area (Å²) < 4.78 is 4.66. The molecule has 0 aromatic heterocycles. The van der Waals surface area contributed by atoms with Crippen molar-refractivity contribution in [1.82, 2.24) is 4.90 Å². The molecule has 1 atom stereocenters. The molecule has 0 N–H and O–H groups in total. The predicted octanol–water partition coefficient (Wildman–Crippen LogP) is 0.929. The molecule has 0 spiro atoms. The van der Waals surface area contributed by atoms with Crippen LogP contribution in [0.25, 0.3) is 0 Å². The quantitative estimate of drug-likeness (QED) is 0.557. The third-order valence-electron chi connectivity index (χ3n) is 1.11. The van der Waals surface area contributed by atoms with Gasteiger partial charge in [-0.2, -0.15) is 0 Å². The molecule has 1 heterocycles. The summed E-state index contributed by atoms with van der Waals surface area (Å²) in [4.78, 5) is 15.9. The van der Waals surface area contributed by atoms with E-state index in [1.165, 1.54) is 4.90 Å². The van der Waals surface area contributed by atoms with E-state index in [2.05, 4.69) is 16.1 Å². The number of carbonyl (C=O) groups excluding carboxylic acids is 1. The number of hydrogen-bond donors (Lipinski definition) is 0. The molecule has 1 aliphatic heterocycles. The van der Waals surface area contributed by atoms with E-state index in [4.69, 9.17) is 11.6 Å². The summed E-state index contributed by atoms with van der Waals surface area (Å²) in [6.45, 7) is 2.70. The largest absolute Gasteiger partial charge is 0.430 e. The first-order valence-corrected chi connectivity index (χ1v) is 3.68. The van der Waals surface area contributed by atoms with Crippen LogP contribution < -0.4 is 0 Å². The van der Waals surface area contributed by atoms with Crippen LogP contribution in [0.5, 0.6) is 0 Å². The minimum atomic E-state index is -0.607. The second-order valence-electron chi connectivity index (χ2n) is 2.06. The SMILES string of the molecule is CC(Cl)OC(=O)N1[C]=NCC1. The number of carbonyl (C=O) groups is 1. The summed E-state index contributed by atoms with van der Waals surface area (Å²) in [6.07, 6.45) is 1.99. The highest BCUT2D eigenvalue weighted by Crippen LogP contribution is 2.02. The van der Waals surface area contributed by atoms with Crippen molar-refractivity contribution in [2.45, 2.75) is 12.5 Å². The monoisotopic (exact) mass is 175 g/mol. The van der Waals surface area contributed by atoms with Gasteiger partial charge in [-0.15, -0.1) is 0 Å². The Labute approximate surface area is 69.8 Å². The maximum atomic E-state index is 11.0. The Hall–Kier alpha value is -0.770. The Morgan fingerprint density at radius 3 is 3.09 bits per heavy atom. The van der Waals surface area contributed by atoms with Crippen LogP contribution in [0, 0.1) is 0 Å². The fraction of sp³-hybridized carbons (Fsp3) is 0.667. The minimum Gasteiger partial charge on any atom is -0.430 e. The van der Waals surface area contributed by atoms with Crippen LogP contribution in [0.15, 0.2) is 4.99 Å². The van der Waals surface area contributed by atoms with Crippen molar-refractivity contribution in [2.75, 3.05) is 13.1 Å². The number of amides is 1. The number of halogens is 1. The highest BCUT2D eigenvalue weighted by Gasteiger charge is 2.18. The van der Waals surface area contributed by atoms with Crippen LogP contribution in [0.4, 0.5) is 4.79 Å². The molecule has 0 aromatic rings. The van der Waals surface area contributed by atoms with E-state index in [0.717, 1.165) is 0 Å². The Bertz CT molecular complexity index is 181. The van der Waals surface area contributed by atoms with Crippen LogP contribution in [-0.4, -0.2) is 36.0 Å².